The molecular weight excluding hydrogens is 398 g/mol. The minimum absolute atomic E-state index is 0.0628. The van der Waals surface area contributed by atoms with Crippen LogP contribution in [0.4, 0.5) is 5.69 Å². The third-order valence-corrected chi connectivity index (χ3v) is 7.23. The number of thiazole rings is 1. The summed E-state index contributed by atoms with van der Waals surface area (Å²) in [5, 5.41) is 4.46. The van der Waals surface area contributed by atoms with E-state index >= 15 is 0 Å². The summed E-state index contributed by atoms with van der Waals surface area (Å²) < 4.78 is 28.9. The van der Waals surface area contributed by atoms with Gasteiger partial charge in [0.1, 0.15) is 0 Å². The summed E-state index contributed by atoms with van der Waals surface area (Å²) >= 11 is 1.01. The maximum atomic E-state index is 13.1. The normalized spacial score (nSPS) is 15.1. The predicted octanol–water partition coefficient (Wildman–Crippen LogP) is 3.37. The molecule has 0 saturated heterocycles. The van der Waals surface area contributed by atoms with E-state index in [1.807, 2.05) is 6.92 Å². The molecule has 1 fully saturated rings. The van der Waals surface area contributed by atoms with Crippen LogP contribution in [0.5, 0.6) is 0 Å². The fourth-order valence-electron chi connectivity index (χ4n) is 3.44. The number of aromatic amines is 1. The molecule has 1 saturated carbocycles. The molecule has 1 aliphatic carbocycles. The van der Waals surface area contributed by atoms with Gasteiger partial charge in [0.2, 0.25) is 15.9 Å². The number of amides is 1. The monoisotopic (exact) mass is 423 g/mol. The number of carbonyl (C=O) groups excluding carboxylic acids is 1. The largest absolute Gasteiger partial charge is 0.326 e. The zero-order valence-electron chi connectivity index (χ0n) is 16.0. The lowest BCUT2D eigenvalue weighted by Crippen LogP contribution is -2.33. The van der Waals surface area contributed by atoms with Crippen LogP contribution < -0.4 is 14.9 Å². The first kappa shape index (κ1) is 20.8. The molecule has 28 heavy (non-hydrogen) atoms. The molecule has 0 unspecified atom stereocenters. The number of sulfonamides is 1. The number of carbonyl (C=O) groups is 1. The molecule has 0 aliphatic heterocycles. The predicted molar refractivity (Wildman–Crippen MR) is 111 cm³/mol. The first-order valence-electron chi connectivity index (χ1n) is 9.45. The molecule has 0 bridgehead atoms. The van der Waals surface area contributed by atoms with Gasteiger partial charge in [-0.05, 0) is 43.9 Å². The zero-order chi connectivity index (χ0) is 20.3. The van der Waals surface area contributed by atoms with E-state index in [0.29, 0.717) is 35.3 Å². The van der Waals surface area contributed by atoms with Crippen LogP contribution in [0.2, 0.25) is 0 Å². The van der Waals surface area contributed by atoms with Crippen LogP contribution in [0.25, 0.3) is 11.3 Å². The standard InChI is InChI=1S/C19H25N3O4S2/c1-3-6-18(23)20-15-9-13(16-11-27-19(24)21-16)10-17(12(15)2)28(25,26)22-14-7-4-5-8-14/h9-11,14,22H,3-8H2,1-2H3,(H,20,23)(H,21,24). The third kappa shape index (κ3) is 4.71. The topological polar surface area (TPSA) is 108 Å². The summed E-state index contributed by atoms with van der Waals surface area (Å²) in [6, 6.07) is 3.20. The van der Waals surface area contributed by atoms with Crippen molar-refractivity contribution in [1.82, 2.24) is 9.71 Å². The van der Waals surface area contributed by atoms with Crippen molar-refractivity contribution in [1.29, 1.82) is 0 Å². The lowest BCUT2D eigenvalue weighted by molar-refractivity contribution is -0.116. The quantitative estimate of drug-likeness (QED) is 0.634. The van der Waals surface area contributed by atoms with Crippen molar-refractivity contribution < 1.29 is 13.2 Å². The van der Waals surface area contributed by atoms with Gasteiger partial charge < -0.3 is 10.3 Å². The summed E-state index contributed by atoms with van der Waals surface area (Å²) in [5.41, 5.74) is 1.99. The second-order valence-electron chi connectivity index (χ2n) is 7.11. The van der Waals surface area contributed by atoms with Crippen molar-refractivity contribution in [3.63, 3.8) is 0 Å². The Bertz CT molecular complexity index is 1020. The molecule has 1 aliphatic rings. The molecule has 2 aromatic rings. The maximum Gasteiger partial charge on any atom is 0.304 e. The Morgan fingerprint density at radius 1 is 1.29 bits per heavy atom. The lowest BCUT2D eigenvalue weighted by atomic mass is 10.1. The van der Waals surface area contributed by atoms with Crippen LogP contribution in [-0.2, 0) is 14.8 Å². The Morgan fingerprint density at radius 2 is 2.00 bits per heavy atom. The second-order valence-corrected chi connectivity index (χ2v) is 9.63. The molecule has 1 aromatic carbocycles. The minimum atomic E-state index is -3.76. The fourth-order valence-corrected chi connectivity index (χ4v) is 5.63. The molecule has 0 radical (unpaired) electrons. The number of nitrogens with one attached hydrogen (secondary N) is 3. The molecule has 152 valence electrons. The molecule has 9 heteroatoms. The van der Waals surface area contributed by atoms with Gasteiger partial charge in [0, 0.05) is 29.1 Å². The van der Waals surface area contributed by atoms with Gasteiger partial charge in [-0.1, -0.05) is 31.1 Å². The van der Waals surface area contributed by atoms with E-state index in [9.17, 15) is 18.0 Å². The molecule has 0 spiro atoms. The second kappa shape index (κ2) is 8.59. The number of H-pyrrole nitrogens is 1. The highest BCUT2D eigenvalue weighted by Crippen LogP contribution is 2.31. The van der Waals surface area contributed by atoms with E-state index in [0.717, 1.165) is 37.0 Å². The van der Waals surface area contributed by atoms with Crippen molar-refractivity contribution in [2.45, 2.75) is 63.3 Å². The molecular formula is C19H25N3O4S2. The average Bonchev–Trinajstić information content (AvgIpc) is 3.28. The molecule has 1 aromatic heterocycles. The third-order valence-electron chi connectivity index (χ3n) is 4.91. The Labute approximate surface area is 168 Å². The van der Waals surface area contributed by atoms with Gasteiger partial charge in [0.05, 0.1) is 10.6 Å². The number of aromatic nitrogens is 1. The summed E-state index contributed by atoms with van der Waals surface area (Å²) in [4.78, 5) is 26.3. The van der Waals surface area contributed by atoms with Crippen molar-refractivity contribution >= 4 is 33.0 Å². The van der Waals surface area contributed by atoms with E-state index in [-0.39, 0.29) is 21.7 Å². The molecule has 1 heterocycles. The summed E-state index contributed by atoms with van der Waals surface area (Å²) in [5.74, 6) is -0.173. The SMILES string of the molecule is CCCC(=O)Nc1cc(-c2csc(=O)[nH]2)cc(S(=O)(=O)NC2CCCC2)c1C. The highest BCUT2D eigenvalue weighted by molar-refractivity contribution is 7.89. The zero-order valence-corrected chi connectivity index (χ0v) is 17.6. The fraction of sp³-hybridized carbons (Fsp3) is 0.474. The van der Waals surface area contributed by atoms with Crippen LogP contribution in [0.3, 0.4) is 0 Å². The van der Waals surface area contributed by atoms with Crippen molar-refractivity contribution in [3.05, 3.63) is 32.7 Å². The van der Waals surface area contributed by atoms with E-state index in [1.165, 1.54) is 0 Å². The van der Waals surface area contributed by atoms with Crippen LogP contribution in [0.15, 0.2) is 27.2 Å². The van der Waals surface area contributed by atoms with E-state index in [2.05, 4.69) is 15.0 Å². The number of anilines is 1. The van der Waals surface area contributed by atoms with Gasteiger partial charge in [0.15, 0.2) is 0 Å². The molecule has 7 nitrogen and oxygen atoms in total. The first-order valence-corrected chi connectivity index (χ1v) is 11.8. The van der Waals surface area contributed by atoms with Gasteiger partial charge in [-0.15, -0.1) is 0 Å². The Balaban J connectivity index is 2.06. The van der Waals surface area contributed by atoms with Gasteiger partial charge >= 0.3 is 4.87 Å². The van der Waals surface area contributed by atoms with Gasteiger partial charge in [0.25, 0.3) is 0 Å². The van der Waals surface area contributed by atoms with Gasteiger partial charge in [-0.2, -0.15) is 0 Å². The number of hydrogen-bond donors (Lipinski definition) is 3. The highest BCUT2D eigenvalue weighted by Gasteiger charge is 2.26. The molecule has 0 atom stereocenters. The number of hydrogen-bond acceptors (Lipinski definition) is 5. The van der Waals surface area contributed by atoms with E-state index < -0.39 is 10.0 Å². The Kier molecular flexibility index (Phi) is 6.36. The summed E-state index contributed by atoms with van der Waals surface area (Å²) in [7, 11) is -3.76. The van der Waals surface area contributed by atoms with Gasteiger partial charge in [-0.3, -0.25) is 9.59 Å². The van der Waals surface area contributed by atoms with Crippen LogP contribution in [0, 0.1) is 6.92 Å². The Hall–Kier alpha value is -1.97. The highest BCUT2D eigenvalue weighted by atomic mass is 32.2. The average molecular weight is 424 g/mol. The first-order chi connectivity index (χ1) is 13.3. The molecule has 3 rings (SSSR count). The lowest BCUT2D eigenvalue weighted by Gasteiger charge is -2.18. The number of benzene rings is 1. The van der Waals surface area contributed by atoms with Crippen LogP contribution in [-0.4, -0.2) is 25.4 Å². The van der Waals surface area contributed by atoms with Gasteiger partial charge in [-0.25, -0.2) is 13.1 Å². The smallest absolute Gasteiger partial charge is 0.304 e. The summed E-state index contributed by atoms with van der Waals surface area (Å²) in [6.07, 6.45) is 4.73. The number of rotatable bonds is 7. The van der Waals surface area contributed by atoms with E-state index in [1.54, 1.807) is 24.4 Å². The van der Waals surface area contributed by atoms with Crippen molar-refractivity contribution in [2.24, 2.45) is 0 Å². The van der Waals surface area contributed by atoms with E-state index in [4.69, 9.17) is 0 Å². The molecule has 3 N–H and O–H groups in total. The van der Waals surface area contributed by atoms with Crippen LogP contribution >= 0.6 is 11.3 Å². The minimum Gasteiger partial charge on any atom is -0.326 e. The maximum absolute atomic E-state index is 13.1. The van der Waals surface area contributed by atoms with Crippen molar-refractivity contribution in [3.8, 4) is 11.3 Å². The Morgan fingerprint density at radius 3 is 2.61 bits per heavy atom. The summed E-state index contributed by atoms with van der Waals surface area (Å²) in [6.45, 7) is 3.59. The van der Waals surface area contributed by atoms with Crippen molar-refractivity contribution in [2.75, 3.05) is 5.32 Å². The molecule has 1 amide bonds. The van der Waals surface area contributed by atoms with Crippen LogP contribution in [0.1, 0.15) is 51.0 Å².